The number of aromatic nitrogens is 2. The zero-order valence-corrected chi connectivity index (χ0v) is 12.9. The van der Waals surface area contributed by atoms with Gasteiger partial charge in [0.15, 0.2) is 6.61 Å². The van der Waals surface area contributed by atoms with Gasteiger partial charge in [0.2, 0.25) is 0 Å². The molecule has 0 bridgehead atoms. The number of benzene rings is 1. The van der Waals surface area contributed by atoms with E-state index >= 15 is 0 Å². The molecular weight excluding hydrogens is 302 g/mol. The molecule has 22 heavy (non-hydrogen) atoms. The highest BCUT2D eigenvalue weighted by molar-refractivity contribution is 6.30. The van der Waals surface area contributed by atoms with Crippen LogP contribution in [0.1, 0.15) is 18.9 Å². The van der Waals surface area contributed by atoms with Gasteiger partial charge in [-0.25, -0.2) is 0 Å². The topological polar surface area (TPSA) is 47.4 Å². The summed E-state index contributed by atoms with van der Waals surface area (Å²) in [6, 6.07) is 9.33. The predicted molar refractivity (Wildman–Crippen MR) is 84.0 cm³/mol. The Kier molecular flexibility index (Phi) is 4.63. The zero-order valence-electron chi connectivity index (χ0n) is 12.2. The monoisotopic (exact) mass is 319 g/mol. The van der Waals surface area contributed by atoms with Crippen LogP contribution < -0.4 is 4.74 Å². The lowest BCUT2D eigenvalue weighted by atomic mass is 10.1. The number of nitrogens with zero attached hydrogens (tertiary/aromatic N) is 3. The van der Waals surface area contributed by atoms with Crippen molar-refractivity contribution in [1.29, 1.82) is 0 Å². The third-order valence-corrected chi connectivity index (χ3v) is 4.14. The number of carbonyl (C=O) groups is 1. The molecular formula is C16H18ClN3O2. The van der Waals surface area contributed by atoms with Crippen molar-refractivity contribution < 1.29 is 9.53 Å². The average molecular weight is 320 g/mol. The van der Waals surface area contributed by atoms with Gasteiger partial charge in [-0.15, -0.1) is 0 Å². The molecule has 2 aromatic rings. The standard InChI is InChI=1S/C16H18ClN3O2/c17-13-2-4-15(5-3-13)22-12-16(21)19-10-6-14(7-11-19)20-9-1-8-18-20/h1-5,8-9,14H,6-7,10-12H2. The smallest absolute Gasteiger partial charge is 0.260 e. The predicted octanol–water partition coefficient (Wildman–Crippen LogP) is 2.78. The van der Waals surface area contributed by atoms with Gasteiger partial charge in [-0.05, 0) is 43.2 Å². The summed E-state index contributed by atoms with van der Waals surface area (Å²) in [6.07, 6.45) is 5.62. The van der Waals surface area contributed by atoms with Crippen LogP contribution in [0.3, 0.4) is 0 Å². The molecule has 1 aliphatic heterocycles. The Morgan fingerprint density at radius 2 is 2.00 bits per heavy atom. The summed E-state index contributed by atoms with van der Waals surface area (Å²) in [4.78, 5) is 14.0. The Labute approximate surface area is 134 Å². The van der Waals surface area contributed by atoms with Crippen LogP contribution in [0.15, 0.2) is 42.7 Å². The normalized spacial score (nSPS) is 15.8. The quantitative estimate of drug-likeness (QED) is 0.870. The van der Waals surface area contributed by atoms with Gasteiger partial charge in [0.1, 0.15) is 5.75 Å². The van der Waals surface area contributed by atoms with Crippen molar-refractivity contribution in [2.24, 2.45) is 0 Å². The molecule has 1 aromatic carbocycles. The van der Waals surface area contributed by atoms with Crippen LogP contribution in [-0.4, -0.2) is 40.3 Å². The van der Waals surface area contributed by atoms with Crippen molar-refractivity contribution in [3.8, 4) is 5.75 Å². The highest BCUT2D eigenvalue weighted by atomic mass is 35.5. The number of halogens is 1. The number of rotatable bonds is 4. The van der Waals surface area contributed by atoms with E-state index in [4.69, 9.17) is 16.3 Å². The SMILES string of the molecule is O=C(COc1ccc(Cl)cc1)N1CCC(n2cccn2)CC1. The minimum Gasteiger partial charge on any atom is -0.484 e. The van der Waals surface area contributed by atoms with Crippen LogP contribution in [0.2, 0.25) is 5.02 Å². The van der Waals surface area contributed by atoms with E-state index < -0.39 is 0 Å². The highest BCUT2D eigenvalue weighted by Gasteiger charge is 2.24. The summed E-state index contributed by atoms with van der Waals surface area (Å²) in [5.74, 6) is 0.679. The number of amides is 1. The number of ether oxygens (including phenoxy) is 1. The Morgan fingerprint density at radius 3 is 2.64 bits per heavy atom. The zero-order chi connectivity index (χ0) is 15.4. The summed E-state index contributed by atoms with van der Waals surface area (Å²) in [5.41, 5.74) is 0. The number of likely N-dealkylation sites (tertiary alicyclic amines) is 1. The summed E-state index contributed by atoms with van der Waals surface area (Å²) in [7, 11) is 0. The van der Waals surface area contributed by atoms with E-state index in [2.05, 4.69) is 5.10 Å². The minimum atomic E-state index is 0.0221. The molecule has 1 saturated heterocycles. The Hall–Kier alpha value is -2.01. The maximum atomic E-state index is 12.2. The first kappa shape index (κ1) is 14.9. The van der Waals surface area contributed by atoms with E-state index in [0.717, 1.165) is 25.9 Å². The van der Waals surface area contributed by atoms with Crippen LogP contribution in [-0.2, 0) is 4.79 Å². The van der Waals surface area contributed by atoms with E-state index in [9.17, 15) is 4.79 Å². The Balaban J connectivity index is 1.46. The van der Waals surface area contributed by atoms with Crippen LogP contribution in [0.5, 0.6) is 5.75 Å². The van der Waals surface area contributed by atoms with Crippen molar-refractivity contribution in [2.45, 2.75) is 18.9 Å². The van der Waals surface area contributed by atoms with Crippen molar-refractivity contribution in [3.63, 3.8) is 0 Å². The van der Waals surface area contributed by atoms with Crippen molar-refractivity contribution in [1.82, 2.24) is 14.7 Å². The number of hydrogen-bond acceptors (Lipinski definition) is 3. The van der Waals surface area contributed by atoms with Gasteiger partial charge in [-0.2, -0.15) is 5.10 Å². The van der Waals surface area contributed by atoms with E-state index in [1.165, 1.54) is 0 Å². The Morgan fingerprint density at radius 1 is 1.27 bits per heavy atom. The molecule has 5 nitrogen and oxygen atoms in total. The summed E-state index contributed by atoms with van der Waals surface area (Å²) in [5, 5.41) is 4.92. The van der Waals surface area contributed by atoms with Gasteiger partial charge in [-0.1, -0.05) is 11.6 Å². The van der Waals surface area contributed by atoms with Crippen molar-refractivity contribution in [3.05, 3.63) is 47.7 Å². The lowest BCUT2D eigenvalue weighted by Gasteiger charge is -2.32. The molecule has 0 atom stereocenters. The van der Waals surface area contributed by atoms with Gasteiger partial charge in [0, 0.05) is 30.5 Å². The fraction of sp³-hybridized carbons (Fsp3) is 0.375. The summed E-state index contributed by atoms with van der Waals surface area (Å²) < 4.78 is 7.49. The molecule has 1 amide bonds. The van der Waals surface area contributed by atoms with E-state index in [1.54, 1.807) is 30.5 Å². The van der Waals surface area contributed by atoms with Gasteiger partial charge >= 0.3 is 0 Å². The van der Waals surface area contributed by atoms with E-state index in [-0.39, 0.29) is 12.5 Å². The Bertz CT molecular complexity index is 605. The molecule has 0 N–H and O–H groups in total. The molecule has 2 heterocycles. The molecule has 1 fully saturated rings. The first-order valence-corrected chi connectivity index (χ1v) is 7.75. The fourth-order valence-electron chi connectivity index (χ4n) is 2.64. The molecule has 0 saturated carbocycles. The van der Waals surface area contributed by atoms with Gasteiger partial charge in [-0.3, -0.25) is 9.48 Å². The van der Waals surface area contributed by atoms with Gasteiger partial charge < -0.3 is 9.64 Å². The maximum absolute atomic E-state index is 12.2. The lowest BCUT2D eigenvalue weighted by molar-refractivity contribution is -0.134. The molecule has 116 valence electrons. The van der Waals surface area contributed by atoms with Crippen LogP contribution in [0.25, 0.3) is 0 Å². The van der Waals surface area contributed by atoms with Crippen LogP contribution in [0.4, 0.5) is 0 Å². The van der Waals surface area contributed by atoms with Crippen LogP contribution in [0, 0.1) is 0 Å². The molecule has 3 rings (SSSR count). The summed E-state index contributed by atoms with van der Waals surface area (Å²) >= 11 is 5.81. The second-order valence-electron chi connectivity index (χ2n) is 5.34. The molecule has 6 heteroatoms. The van der Waals surface area contributed by atoms with Gasteiger partial charge in [0.05, 0.1) is 6.04 Å². The van der Waals surface area contributed by atoms with E-state index in [1.807, 2.05) is 21.8 Å². The third kappa shape index (κ3) is 3.60. The second-order valence-corrected chi connectivity index (χ2v) is 5.78. The van der Waals surface area contributed by atoms with E-state index in [0.29, 0.717) is 16.8 Å². The number of piperidine rings is 1. The van der Waals surface area contributed by atoms with Crippen LogP contribution >= 0.6 is 11.6 Å². The van der Waals surface area contributed by atoms with Gasteiger partial charge in [0.25, 0.3) is 5.91 Å². The highest BCUT2D eigenvalue weighted by Crippen LogP contribution is 2.22. The second kappa shape index (κ2) is 6.83. The largest absolute Gasteiger partial charge is 0.484 e. The molecule has 0 radical (unpaired) electrons. The third-order valence-electron chi connectivity index (χ3n) is 3.89. The number of carbonyl (C=O) groups excluding carboxylic acids is 1. The average Bonchev–Trinajstić information content (AvgIpc) is 3.09. The summed E-state index contributed by atoms with van der Waals surface area (Å²) in [6.45, 7) is 1.55. The molecule has 0 unspecified atom stereocenters. The number of hydrogen-bond donors (Lipinski definition) is 0. The first-order chi connectivity index (χ1) is 10.7. The molecule has 0 spiro atoms. The lowest BCUT2D eigenvalue weighted by Crippen LogP contribution is -2.41. The molecule has 1 aromatic heterocycles. The fourth-order valence-corrected chi connectivity index (χ4v) is 2.77. The van der Waals surface area contributed by atoms with Crippen molar-refractivity contribution in [2.75, 3.05) is 19.7 Å². The minimum absolute atomic E-state index is 0.0221. The van der Waals surface area contributed by atoms with Crippen molar-refractivity contribution >= 4 is 17.5 Å². The molecule has 0 aliphatic carbocycles. The first-order valence-electron chi connectivity index (χ1n) is 7.37. The molecule has 1 aliphatic rings. The maximum Gasteiger partial charge on any atom is 0.260 e.